The van der Waals surface area contributed by atoms with Crippen LogP contribution < -0.4 is 10.6 Å². The van der Waals surface area contributed by atoms with Gasteiger partial charge in [-0.1, -0.05) is 29.8 Å². The Labute approximate surface area is 241 Å². The third kappa shape index (κ3) is 7.15. The lowest BCUT2D eigenvalue weighted by Crippen LogP contribution is -2.46. The van der Waals surface area contributed by atoms with Crippen molar-refractivity contribution >= 4 is 46.1 Å². The number of aromatic nitrogens is 1. The Hall–Kier alpha value is -3.70. The molecule has 0 bridgehead atoms. The summed E-state index contributed by atoms with van der Waals surface area (Å²) < 4.78 is 35.6. The number of ether oxygens (including phenoxy) is 1. The Balaban J connectivity index is 1.53. The van der Waals surface area contributed by atoms with Crippen molar-refractivity contribution in [3.05, 3.63) is 64.6 Å². The van der Waals surface area contributed by atoms with E-state index >= 15 is 0 Å². The smallest absolute Gasteiger partial charge is 0.412 e. The van der Waals surface area contributed by atoms with Gasteiger partial charge in [0.15, 0.2) is 0 Å². The lowest BCUT2D eigenvalue weighted by Gasteiger charge is -2.24. The van der Waals surface area contributed by atoms with Crippen molar-refractivity contribution in [2.75, 3.05) is 11.9 Å². The van der Waals surface area contributed by atoms with Crippen molar-refractivity contribution in [3.8, 4) is 0 Å². The van der Waals surface area contributed by atoms with Gasteiger partial charge in [0.1, 0.15) is 30.2 Å². The van der Waals surface area contributed by atoms with E-state index in [4.69, 9.17) is 16.3 Å². The van der Waals surface area contributed by atoms with E-state index < -0.39 is 47.6 Å². The van der Waals surface area contributed by atoms with Crippen LogP contribution in [0.1, 0.15) is 51.3 Å². The molecule has 2 heterocycles. The summed E-state index contributed by atoms with van der Waals surface area (Å²) in [6.07, 6.45) is -1.49. The average molecular weight is 591 g/mol. The van der Waals surface area contributed by atoms with Crippen LogP contribution >= 0.6 is 11.6 Å². The number of halogens is 3. The second-order valence-corrected chi connectivity index (χ2v) is 11.5. The number of nitrogens with zero attached hydrogens (tertiary/aromatic N) is 2. The van der Waals surface area contributed by atoms with Gasteiger partial charge in [-0.25, -0.2) is 13.6 Å². The Morgan fingerprint density at radius 3 is 2.63 bits per heavy atom. The van der Waals surface area contributed by atoms with Gasteiger partial charge < -0.3 is 24.6 Å². The van der Waals surface area contributed by atoms with Crippen molar-refractivity contribution < 1.29 is 33.0 Å². The van der Waals surface area contributed by atoms with Gasteiger partial charge in [-0.2, -0.15) is 0 Å². The highest BCUT2D eigenvalue weighted by Crippen LogP contribution is 2.30. The molecule has 2 aromatic carbocycles. The summed E-state index contributed by atoms with van der Waals surface area (Å²) in [5.41, 5.74) is 0.968. The molecular formula is C29H33ClF2N4O5. The van der Waals surface area contributed by atoms with E-state index in [9.17, 15) is 28.3 Å². The molecule has 9 nitrogen and oxygen atoms in total. The van der Waals surface area contributed by atoms with E-state index in [2.05, 4.69) is 10.6 Å². The zero-order valence-corrected chi connectivity index (χ0v) is 24.0. The van der Waals surface area contributed by atoms with Crippen LogP contribution in [0.3, 0.4) is 0 Å². The molecule has 1 aliphatic heterocycles. The predicted octanol–water partition coefficient (Wildman–Crippen LogP) is 5.09. The van der Waals surface area contributed by atoms with Gasteiger partial charge in [0.2, 0.25) is 11.8 Å². The van der Waals surface area contributed by atoms with Gasteiger partial charge in [0.25, 0.3) is 0 Å². The van der Waals surface area contributed by atoms with Crippen LogP contribution in [0.5, 0.6) is 0 Å². The second-order valence-electron chi connectivity index (χ2n) is 11.1. The number of carbonyl (C=O) groups excluding carboxylic acids is 3. The van der Waals surface area contributed by atoms with Crippen LogP contribution in [0.2, 0.25) is 5.02 Å². The Kier molecular flexibility index (Phi) is 8.89. The molecule has 12 heteroatoms. The first-order valence-corrected chi connectivity index (χ1v) is 13.6. The minimum Gasteiger partial charge on any atom is -0.444 e. The molecule has 0 radical (unpaired) electrons. The fourth-order valence-corrected chi connectivity index (χ4v) is 5.01. The van der Waals surface area contributed by atoms with Gasteiger partial charge in [-0.05, 0) is 45.9 Å². The summed E-state index contributed by atoms with van der Waals surface area (Å²) in [6, 6.07) is 8.34. The number of anilines is 1. The van der Waals surface area contributed by atoms with Crippen molar-refractivity contribution in [1.82, 2.24) is 14.8 Å². The molecular weight excluding hydrogens is 558 g/mol. The lowest BCUT2D eigenvalue weighted by molar-refractivity contribution is -0.139. The molecule has 1 saturated heterocycles. The largest absolute Gasteiger partial charge is 0.444 e. The molecule has 1 aromatic heterocycles. The minimum atomic E-state index is -1.41. The Morgan fingerprint density at radius 2 is 1.95 bits per heavy atom. The van der Waals surface area contributed by atoms with Crippen LogP contribution in [0.25, 0.3) is 10.9 Å². The number of nitrogens with one attached hydrogen (secondary N) is 2. The van der Waals surface area contributed by atoms with Crippen molar-refractivity contribution in [2.24, 2.45) is 0 Å². The number of aliphatic hydroxyl groups excluding tert-OH is 1. The molecule has 3 aromatic rings. The maximum absolute atomic E-state index is 14.5. The average Bonchev–Trinajstić information content (AvgIpc) is 3.44. The summed E-state index contributed by atoms with van der Waals surface area (Å²) in [4.78, 5) is 39.8. The molecule has 3 N–H and O–H groups in total. The fraction of sp³-hybridized carbons (Fsp3) is 0.414. The zero-order chi connectivity index (χ0) is 30.1. The number of fused-ring (bicyclic) bond motifs is 1. The molecule has 0 spiro atoms. The molecule has 220 valence electrons. The maximum Gasteiger partial charge on any atom is 0.412 e. The molecule has 1 fully saturated rings. The highest BCUT2D eigenvalue weighted by molar-refractivity contribution is 6.30. The van der Waals surface area contributed by atoms with E-state index in [1.807, 2.05) is 0 Å². The summed E-state index contributed by atoms with van der Waals surface area (Å²) in [5.74, 6) is -1.78. The number of rotatable bonds is 7. The highest BCUT2D eigenvalue weighted by atomic mass is 35.5. The number of hydrogen-bond donors (Lipinski definition) is 3. The number of amides is 3. The molecule has 3 amide bonds. The second kappa shape index (κ2) is 12.0. The zero-order valence-electron chi connectivity index (χ0n) is 23.2. The third-order valence-electron chi connectivity index (χ3n) is 6.67. The van der Waals surface area contributed by atoms with Crippen LogP contribution in [-0.2, 0) is 27.4 Å². The SMILES string of the molecule is CC(O)c1cn(CC(=O)N2C[C@H](F)C[C@H]2C(=O)NCc2cccc(Cl)c2F)c2cc(NC(=O)OC(C)(C)C)ccc12. The highest BCUT2D eigenvalue weighted by Gasteiger charge is 2.39. The van der Waals surface area contributed by atoms with Gasteiger partial charge >= 0.3 is 6.09 Å². The van der Waals surface area contributed by atoms with Crippen LogP contribution in [-0.4, -0.2) is 56.8 Å². The number of carbonyl (C=O) groups is 3. The lowest BCUT2D eigenvalue weighted by atomic mass is 10.1. The molecule has 41 heavy (non-hydrogen) atoms. The number of benzene rings is 2. The molecule has 4 rings (SSSR count). The first-order valence-electron chi connectivity index (χ1n) is 13.2. The normalized spacial score (nSPS) is 17.9. The number of hydrogen-bond acceptors (Lipinski definition) is 5. The Bertz CT molecular complexity index is 1470. The van der Waals surface area contributed by atoms with Crippen molar-refractivity contribution in [1.29, 1.82) is 0 Å². The molecule has 0 saturated carbocycles. The first-order chi connectivity index (χ1) is 19.2. The monoisotopic (exact) mass is 590 g/mol. The number of alkyl halides is 1. The van der Waals surface area contributed by atoms with Crippen LogP contribution in [0.4, 0.5) is 19.3 Å². The summed E-state index contributed by atoms with van der Waals surface area (Å²) in [5, 5.41) is 16.1. The summed E-state index contributed by atoms with van der Waals surface area (Å²) in [7, 11) is 0. The molecule has 3 atom stereocenters. The third-order valence-corrected chi connectivity index (χ3v) is 6.96. The molecule has 1 aliphatic rings. The van der Waals surface area contributed by atoms with E-state index in [0.717, 1.165) is 0 Å². The van der Waals surface area contributed by atoms with E-state index in [-0.39, 0.29) is 36.6 Å². The van der Waals surface area contributed by atoms with Gasteiger partial charge in [0.05, 0.1) is 23.2 Å². The predicted molar refractivity (Wildman–Crippen MR) is 151 cm³/mol. The van der Waals surface area contributed by atoms with Gasteiger partial charge in [0, 0.05) is 41.4 Å². The fourth-order valence-electron chi connectivity index (χ4n) is 4.81. The summed E-state index contributed by atoms with van der Waals surface area (Å²) >= 11 is 5.80. The summed E-state index contributed by atoms with van der Waals surface area (Å²) in [6.45, 7) is 6.12. The maximum atomic E-state index is 14.5. The molecule has 1 unspecified atom stereocenters. The number of aliphatic hydroxyl groups is 1. The van der Waals surface area contributed by atoms with Crippen LogP contribution in [0.15, 0.2) is 42.6 Å². The van der Waals surface area contributed by atoms with Crippen molar-refractivity contribution in [3.63, 3.8) is 0 Å². The van der Waals surface area contributed by atoms with Gasteiger partial charge in [-0.15, -0.1) is 0 Å². The van der Waals surface area contributed by atoms with Crippen molar-refractivity contribution in [2.45, 2.75) is 71.1 Å². The Morgan fingerprint density at radius 1 is 1.22 bits per heavy atom. The number of likely N-dealkylation sites (tertiary alicyclic amines) is 1. The minimum absolute atomic E-state index is 0.0850. The standard InChI is InChI=1S/C29H33ClF2N4O5/c1-16(37)21-14-35(23-11-19(8-9-20(21)23)34-28(40)41-29(2,3)4)15-25(38)36-13-18(31)10-24(36)27(39)33-12-17-6-5-7-22(30)26(17)32/h5-9,11,14,16,18,24,37H,10,12-13,15H2,1-4H3,(H,33,39)(H,34,40)/t16?,18-,24+/m1/s1. The van der Waals surface area contributed by atoms with Crippen LogP contribution in [0, 0.1) is 5.82 Å². The molecule has 0 aliphatic carbocycles. The topological polar surface area (TPSA) is 113 Å². The van der Waals surface area contributed by atoms with E-state index in [1.54, 1.807) is 62.7 Å². The van der Waals surface area contributed by atoms with Gasteiger partial charge in [-0.3, -0.25) is 14.9 Å². The van der Waals surface area contributed by atoms with E-state index in [0.29, 0.717) is 22.2 Å². The quantitative estimate of drug-likeness (QED) is 0.355. The van der Waals surface area contributed by atoms with E-state index in [1.165, 1.54) is 17.0 Å². The first kappa shape index (κ1) is 30.3.